The Morgan fingerprint density at radius 3 is 2.26 bits per heavy atom. The van der Waals surface area contributed by atoms with Crippen LogP contribution >= 0.6 is 46.4 Å². The maximum atomic E-state index is 6.28. The van der Waals surface area contributed by atoms with E-state index in [-0.39, 0.29) is 0 Å². The Labute approximate surface area is 132 Å². The minimum absolute atomic E-state index is 0.298. The predicted octanol–water partition coefficient (Wildman–Crippen LogP) is 5.73. The van der Waals surface area contributed by atoms with Crippen LogP contribution in [0.15, 0.2) is 24.3 Å². The Balaban J connectivity index is 2.79. The highest BCUT2D eigenvalue weighted by Gasteiger charge is 2.17. The molecule has 0 aliphatic carbocycles. The van der Waals surface area contributed by atoms with E-state index < -0.39 is 0 Å². The smallest absolute Gasteiger partial charge is 0.0785 e. The monoisotopic (exact) mass is 333 g/mol. The van der Waals surface area contributed by atoms with Crippen molar-refractivity contribution in [3.8, 4) is 11.1 Å². The summed E-state index contributed by atoms with van der Waals surface area (Å²) in [5.41, 5.74) is 9.35. The fourth-order valence-corrected chi connectivity index (χ4v) is 3.03. The van der Waals surface area contributed by atoms with Gasteiger partial charge in [0.15, 0.2) is 0 Å². The molecule has 0 amide bonds. The number of rotatable bonds is 2. The van der Waals surface area contributed by atoms with Crippen LogP contribution in [0.2, 0.25) is 20.1 Å². The fourth-order valence-electron chi connectivity index (χ4n) is 1.91. The summed E-state index contributed by atoms with van der Waals surface area (Å²) in [5.74, 6) is 0. The lowest BCUT2D eigenvalue weighted by Gasteiger charge is -2.14. The van der Waals surface area contributed by atoms with Gasteiger partial charge in [-0.3, -0.25) is 0 Å². The van der Waals surface area contributed by atoms with E-state index in [0.29, 0.717) is 32.2 Å². The standard InChI is InChI=1S/C14H11Cl4N/c1-7-2-3-8(6-19)9(4-7)12-10(15)5-11(16)13(17)14(12)18/h2-5H,6,19H2,1H3. The molecule has 0 saturated heterocycles. The van der Waals surface area contributed by atoms with Crippen LogP contribution in [-0.4, -0.2) is 0 Å². The van der Waals surface area contributed by atoms with Gasteiger partial charge >= 0.3 is 0 Å². The average molecular weight is 335 g/mol. The van der Waals surface area contributed by atoms with Crippen LogP contribution in [0.4, 0.5) is 0 Å². The van der Waals surface area contributed by atoms with Gasteiger partial charge in [-0.25, -0.2) is 0 Å². The number of benzene rings is 2. The summed E-state index contributed by atoms with van der Waals surface area (Å²) >= 11 is 24.6. The molecule has 19 heavy (non-hydrogen) atoms. The quantitative estimate of drug-likeness (QED) is 0.550. The van der Waals surface area contributed by atoms with Crippen LogP contribution in [0.3, 0.4) is 0 Å². The van der Waals surface area contributed by atoms with Gasteiger partial charge in [-0.2, -0.15) is 0 Å². The van der Waals surface area contributed by atoms with Gasteiger partial charge < -0.3 is 5.73 Å². The summed E-state index contributed by atoms with van der Waals surface area (Å²) in [6, 6.07) is 7.53. The van der Waals surface area contributed by atoms with Gasteiger partial charge in [0, 0.05) is 12.1 Å². The van der Waals surface area contributed by atoms with Crippen LogP contribution in [-0.2, 0) is 6.54 Å². The fraction of sp³-hybridized carbons (Fsp3) is 0.143. The van der Waals surface area contributed by atoms with Crippen molar-refractivity contribution >= 4 is 46.4 Å². The third kappa shape index (κ3) is 2.86. The first-order valence-corrected chi connectivity index (χ1v) is 7.09. The van der Waals surface area contributed by atoms with E-state index in [2.05, 4.69) is 0 Å². The van der Waals surface area contributed by atoms with E-state index in [1.807, 2.05) is 25.1 Å². The molecule has 0 heterocycles. The maximum absolute atomic E-state index is 6.28. The van der Waals surface area contributed by atoms with Crippen molar-refractivity contribution in [3.05, 3.63) is 55.5 Å². The summed E-state index contributed by atoms with van der Waals surface area (Å²) in [5, 5.41) is 1.44. The van der Waals surface area contributed by atoms with Crippen LogP contribution < -0.4 is 5.73 Å². The molecule has 0 aromatic heterocycles. The second-order valence-electron chi connectivity index (χ2n) is 4.21. The Hall–Kier alpha value is -0.440. The second-order valence-corrected chi connectivity index (χ2v) is 5.78. The first-order valence-electron chi connectivity index (χ1n) is 5.58. The molecule has 0 unspecified atom stereocenters. The highest BCUT2D eigenvalue weighted by molar-refractivity contribution is 6.51. The van der Waals surface area contributed by atoms with Gasteiger partial charge in [-0.15, -0.1) is 0 Å². The summed E-state index contributed by atoms with van der Waals surface area (Å²) in [7, 11) is 0. The highest BCUT2D eigenvalue weighted by Crippen LogP contribution is 2.44. The molecular weight excluding hydrogens is 324 g/mol. The topological polar surface area (TPSA) is 26.0 Å². The van der Waals surface area contributed by atoms with Crippen molar-refractivity contribution in [2.75, 3.05) is 0 Å². The van der Waals surface area contributed by atoms with E-state index >= 15 is 0 Å². The average Bonchev–Trinajstić information content (AvgIpc) is 2.36. The Morgan fingerprint density at radius 1 is 0.947 bits per heavy atom. The Bertz CT molecular complexity index is 638. The normalized spacial score (nSPS) is 10.8. The van der Waals surface area contributed by atoms with Gasteiger partial charge in [-0.1, -0.05) is 70.2 Å². The molecular formula is C14H11Cl4N. The maximum Gasteiger partial charge on any atom is 0.0785 e. The van der Waals surface area contributed by atoms with Crippen LogP contribution in [0.1, 0.15) is 11.1 Å². The Morgan fingerprint density at radius 2 is 1.63 bits per heavy atom. The van der Waals surface area contributed by atoms with Crippen LogP contribution in [0.5, 0.6) is 0 Å². The molecule has 0 aliphatic rings. The van der Waals surface area contributed by atoms with E-state index in [1.54, 1.807) is 6.07 Å². The Kier molecular flexibility index (Phi) is 4.65. The third-order valence-corrected chi connectivity index (χ3v) is 4.43. The van der Waals surface area contributed by atoms with Crippen molar-refractivity contribution in [2.24, 2.45) is 5.73 Å². The van der Waals surface area contributed by atoms with Crippen molar-refractivity contribution < 1.29 is 0 Å². The number of nitrogens with two attached hydrogens (primary N) is 1. The van der Waals surface area contributed by atoms with E-state index in [0.717, 1.165) is 16.7 Å². The van der Waals surface area contributed by atoms with E-state index in [4.69, 9.17) is 52.1 Å². The minimum Gasteiger partial charge on any atom is -0.326 e. The summed E-state index contributed by atoms with van der Waals surface area (Å²) < 4.78 is 0. The lowest BCUT2D eigenvalue weighted by Crippen LogP contribution is -2.00. The molecule has 2 N–H and O–H groups in total. The van der Waals surface area contributed by atoms with Gasteiger partial charge in [0.1, 0.15) is 0 Å². The van der Waals surface area contributed by atoms with Gasteiger partial charge in [0.2, 0.25) is 0 Å². The molecule has 0 saturated carbocycles. The molecule has 5 heteroatoms. The van der Waals surface area contributed by atoms with E-state index in [1.165, 1.54) is 0 Å². The number of hydrogen-bond donors (Lipinski definition) is 1. The van der Waals surface area contributed by atoms with Crippen molar-refractivity contribution in [1.82, 2.24) is 0 Å². The zero-order valence-electron chi connectivity index (χ0n) is 10.1. The number of aryl methyl sites for hydroxylation is 1. The molecule has 0 aliphatic heterocycles. The molecule has 0 radical (unpaired) electrons. The SMILES string of the molecule is Cc1ccc(CN)c(-c2c(Cl)cc(Cl)c(Cl)c2Cl)c1. The largest absolute Gasteiger partial charge is 0.326 e. The summed E-state index contributed by atoms with van der Waals surface area (Å²) in [4.78, 5) is 0. The third-order valence-electron chi connectivity index (χ3n) is 2.87. The second kappa shape index (κ2) is 5.90. The van der Waals surface area contributed by atoms with Gasteiger partial charge in [0.05, 0.1) is 20.1 Å². The van der Waals surface area contributed by atoms with Crippen molar-refractivity contribution in [2.45, 2.75) is 13.5 Å². The molecule has 2 aromatic carbocycles. The molecule has 0 fully saturated rings. The van der Waals surface area contributed by atoms with Gasteiger partial charge in [0.25, 0.3) is 0 Å². The zero-order chi connectivity index (χ0) is 14.2. The number of halogens is 4. The molecule has 1 nitrogen and oxygen atoms in total. The zero-order valence-corrected chi connectivity index (χ0v) is 13.1. The summed E-state index contributed by atoms with van der Waals surface area (Å²) in [6.07, 6.45) is 0. The van der Waals surface area contributed by atoms with E-state index in [9.17, 15) is 0 Å². The van der Waals surface area contributed by atoms with Crippen LogP contribution in [0.25, 0.3) is 11.1 Å². The molecule has 2 rings (SSSR count). The highest BCUT2D eigenvalue weighted by atomic mass is 35.5. The van der Waals surface area contributed by atoms with Crippen molar-refractivity contribution in [1.29, 1.82) is 0 Å². The minimum atomic E-state index is 0.298. The lowest BCUT2D eigenvalue weighted by molar-refractivity contribution is 1.07. The van der Waals surface area contributed by atoms with Crippen molar-refractivity contribution in [3.63, 3.8) is 0 Å². The molecule has 0 spiro atoms. The molecule has 0 bridgehead atoms. The lowest BCUT2D eigenvalue weighted by atomic mass is 9.97. The molecule has 100 valence electrons. The number of hydrogen-bond acceptors (Lipinski definition) is 1. The summed E-state index contributed by atoms with van der Waals surface area (Å²) in [6.45, 7) is 2.38. The van der Waals surface area contributed by atoms with Gasteiger partial charge in [-0.05, 0) is 24.1 Å². The molecule has 2 aromatic rings. The van der Waals surface area contributed by atoms with Crippen LogP contribution in [0, 0.1) is 6.92 Å². The molecule has 0 atom stereocenters. The first kappa shape index (κ1) is 15.0. The predicted molar refractivity (Wildman–Crippen MR) is 84.5 cm³/mol. The first-order chi connectivity index (χ1) is 8.95.